The lowest BCUT2D eigenvalue weighted by molar-refractivity contribution is 0.0734. The lowest BCUT2D eigenvalue weighted by Gasteiger charge is -2.04. The van der Waals surface area contributed by atoms with E-state index in [1.807, 2.05) is 0 Å². The summed E-state index contributed by atoms with van der Waals surface area (Å²) in [6.07, 6.45) is 3.12. The first kappa shape index (κ1) is 18.5. The molecule has 29 heavy (non-hydrogen) atoms. The largest absolute Gasteiger partial charge is 0.461 e. The van der Waals surface area contributed by atoms with Crippen molar-refractivity contribution in [3.05, 3.63) is 88.6 Å². The number of H-pyrrole nitrogens is 1. The van der Waals surface area contributed by atoms with Crippen molar-refractivity contribution < 1.29 is 18.3 Å². The van der Waals surface area contributed by atoms with E-state index >= 15 is 0 Å². The smallest absolute Gasteiger partial charge is 0.343 e. The maximum Gasteiger partial charge on any atom is 0.343 e. The second-order valence-electron chi connectivity index (χ2n) is 5.85. The first-order chi connectivity index (χ1) is 14.1. The zero-order chi connectivity index (χ0) is 20.2. The van der Waals surface area contributed by atoms with E-state index in [2.05, 4.69) is 15.3 Å². The maximum atomic E-state index is 12.9. The molecule has 0 spiro atoms. The molecule has 0 unspecified atom stereocenters. The number of carbonyl (C=O) groups excluding carboxylic acids is 1. The summed E-state index contributed by atoms with van der Waals surface area (Å²) in [5.74, 6) is 0.337. The van der Waals surface area contributed by atoms with E-state index in [1.54, 1.807) is 42.6 Å². The van der Waals surface area contributed by atoms with Crippen molar-refractivity contribution >= 4 is 24.4 Å². The highest BCUT2D eigenvalue weighted by molar-refractivity contribution is 7.71. The van der Waals surface area contributed by atoms with Crippen LogP contribution in [-0.4, -0.2) is 27.1 Å². The molecule has 0 fully saturated rings. The van der Waals surface area contributed by atoms with Gasteiger partial charge < -0.3 is 9.15 Å². The summed E-state index contributed by atoms with van der Waals surface area (Å²) in [6.45, 7) is 0. The fraction of sp³-hybridized carbons (Fsp3) is 0. The molecule has 4 rings (SSSR count). The van der Waals surface area contributed by atoms with Gasteiger partial charge in [-0.05, 0) is 78.4 Å². The highest BCUT2D eigenvalue weighted by Crippen LogP contribution is 2.18. The Morgan fingerprint density at radius 1 is 1.17 bits per heavy atom. The van der Waals surface area contributed by atoms with Crippen LogP contribution < -0.4 is 4.74 Å². The molecule has 0 atom stereocenters. The predicted octanol–water partition coefficient (Wildman–Crippen LogP) is 4.44. The molecular formula is C20H13FN4O3S. The molecule has 4 aromatic rings. The number of halogens is 1. The SMILES string of the molecule is O=C(Oc1ccc(/C=N\n2c(-c3ccco3)n[nH]c2=S)cc1)c1ccc(F)cc1. The van der Waals surface area contributed by atoms with E-state index in [0.717, 1.165) is 5.56 Å². The van der Waals surface area contributed by atoms with Gasteiger partial charge in [-0.1, -0.05) is 0 Å². The second kappa shape index (κ2) is 8.03. The number of aromatic amines is 1. The van der Waals surface area contributed by atoms with Crippen molar-refractivity contribution in [2.75, 3.05) is 0 Å². The van der Waals surface area contributed by atoms with E-state index in [4.69, 9.17) is 21.4 Å². The van der Waals surface area contributed by atoms with Gasteiger partial charge in [0.15, 0.2) is 5.76 Å². The molecule has 0 bridgehead atoms. The monoisotopic (exact) mass is 408 g/mol. The highest BCUT2D eigenvalue weighted by Gasteiger charge is 2.11. The van der Waals surface area contributed by atoms with E-state index in [9.17, 15) is 9.18 Å². The first-order valence-corrected chi connectivity index (χ1v) is 8.84. The Balaban J connectivity index is 1.48. The fourth-order valence-electron chi connectivity index (χ4n) is 2.46. The van der Waals surface area contributed by atoms with Crippen LogP contribution in [0.25, 0.3) is 11.6 Å². The van der Waals surface area contributed by atoms with Gasteiger partial charge in [-0.15, -0.1) is 5.10 Å². The molecule has 2 aromatic carbocycles. The zero-order valence-electron chi connectivity index (χ0n) is 14.8. The van der Waals surface area contributed by atoms with Gasteiger partial charge >= 0.3 is 5.97 Å². The molecule has 0 aliphatic carbocycles. The molecule has 144 valence electrons. The molecule has 0 saturated carbocycles. The quantitative estimate of drug-likeness (QED) is 0.228. The Kier molecular flexibility index (Phi) is 5.12. The van der Waals surface area contributed by atoms with Crippen molar-refractivity contribution in [2.45, 2.75) is 0 Å². The molecule has 1 N–H and O–H groups in total. The summed E-state index contributed by atoms with van der Waals surface area (Å²) in [5, 5.41) is 11.1. The first-order valence-electron chi connectivity index (χ1n) is 8.43. The van der Waals surface area contributed by atoms with Gasteiger partial charge in [-0.3, -0.25) is 0 Å². The van der Waals surface area contributed by atoms with Crippen LogP contribution in [0.15, 0.2) is 76.4 Å². The van der Waals surface area contributed by atoms with Crippen LogP contribution in [0.1, 0.15) is 15.9 Å². The number of hydrogen-bond donors (Lipinski definition) is 1. The molecule has 2 aromatic heterocycles. The number of hydrogen-bond acceptors (Lipinski definition) is 6. The van der Waals surface area contributed by atoms with Crippen molar-refractivity contribution in [3.8, 4) is 17.3 Å². The normalized spacial score (nSPS) is 11.1. The number of carbonyl (C=O) groups is 1. The van der Waals surface area contributed by atoms with Gasteiger partial charge in [0.2, 0.25) is 10.6 Å². The summed E-state index contributed by atoms with van der Waals surface area (Å²) in [6, 6.07) is 15.3. The topological polar surface area (TPSA) is 85.4 Å². The van der Waals surface area contributed by atoms with Crippen LogP contribution in [0.2, 0.25) is 0 Å². The van der Waals surface area contributed by atoms with Crippen LogP contribution >= 0.6 is 12.2 Å². The molecule has 2 heterocycles. The van der Waals surface area contributed by atoms with Crippen LogP contribution in [0.5, 0.6) is 5.75 Å². The fourth-order valence-corrected chi connectivity index (χ4v) is 2.64. The maximum absolute atomic E-state index is 12.9. The van der Waals surface area contributed by atoms with Crippen LogP contribution in [0.3, 0.4) is 0 Å². The molecule has 0 aliphatic rings. The Morgan fingerprint density at radius 2 is 1.93 bits per heavy atom. The summed E-state index contributed by atoms with van der Waals surface area (Å²) >= 11 is 5.19. The van der Waals surface area contributed by atoms with Crippen molar-refractivity contribution in [1.29, 1.82) is 0 Å². The van der Waals surface area contributed by atoms with E-state index in [1.165, 1.54) is 35.2 Å². The minimum absolute atomic E-state index is 0.261. The number of esters is 1. The van der Waals surface area contributed by atoms with Crippen LogP contribution in [0.4, 0.5) is 4.39 Å². The number of benzene rings is 2. The van der Waals surface area contributed by atoms with E-state index < -0.39 is 11.8 Å². The van der Waals surface area contributed by atoms with Gasteiger partial charge in [0, 0.05) is 0 Å². The summed E-state index contributed by atoms with van der Waals surface area (Å²) in [7, 11) is 0. The highest BCUT2D eigenvalue weighted by atomic mass is 32.1. The standard InChI is InChI=1S/C20H13FN4O3S/c21-15-7-5-14(6-8-15)19(26)28-16-9-3-13(4-10-16)12-22-25-18(23-24-20(25)29)17-2-1-11-27-17/h1-12H,(H,24,29)/b22-12-. The van der Waals surface area contributed by atoms with E-state index in [-0.39, 0.29) is 5.56 Å². The van der Waals surface area contributed by atoms with Crippen molar-refractivity contribution in [2.24, 2.45) is 5.10 Å². The summed E-state index contributed by atoms with van der Waals surface area (Å²) < 4.78 is 25.3. The average Bonchev–Trinajstić information content (AvgIpc) is 3.38. The van der Waals surface area contributed by atoms with Crippen LogP contribution in [0, 0.1) is 10.6 Å². The third kappa shape index (κ3) is 4.19. The minimum atomic E-state index is -0.570. The second-order valence-corrected chi connectivity index (χ2v) is 6.24. The van der Waals surface area contributed by atoms with Crippen LogP contribution in [-0.2, 0) is 0 Å². The van der Waals surface area contributed by atoms with Gasteiger partial charge in [-0.2, -0.15) is 9.78 Å². The Morgan fingerprint density at radius 3 is 2.62 bits per heavy atom. The minimum Gasteiger partial charge on any atom is -0.461 e. The number of aromatic nitrogens is 3. The summed E-state index contributed by atoms with van der Waals surface area (Å²) in [4.78, 5) is 12.1. The van der Waals surface area contributed by atoms with Gasteiger partial charge in [-0.25, -0.2) is 14.3 Å². The predicted molar refractivity (Wildman–Crippen MR) is 106 cm³/mol. The third-order valence-corrected chi connectivity index (χ3v) is 4.15. The summed E-state index contributed by atoms with van der Waals surface area (Å²) in [5.41, 5.74) is 1.01. The zero-order valence-corrected chi connectivity index (χ0v) is 15.6. The molecule has 0 saturated heterocycles. The Hall–Kier alpha value is -3.85. The molecular weight excluding hydrogens is 395 g/mol. The molecule has 9 heteroatoms. The van der Waals surface area contributed by atoms with Gasteiger partial charge in [0.1, 0.15) is 11.6 Å². The average molecular weight is 408 g/mol. The number of furan rings is 1. The van der Waals surface area contributed by atoms with Crippen molar-refractivity contribution in [1.82, 2.24) is 14.9 Å². The lowest BCUT2D eigenvalue weighted by atomic mass is 10.2. The van der Waals surface area contributed by atoms with Gasteiger partial charge in [0.25, 0.3) is 0 Å². The molecule has 0 radical (unpaired) electrons. The van der Waals surface area contributed by atoms with E-state index in [0.29, 0.717) is 22.1 Å². The van der Waals surface area contributed by atoms with Crippen molar-refractivity contribution in [3.63, 3.8) is 0 Å². The third-order valence-electron chi connectivity index (χ3n) is 3.88. The van der Waals surface area contributed by atoms with Gasteiger partial charge in [0.05, 0.1) is 18.0 Å². The molecule has 7 nitrogen and oxygen atoms in total. The number of nitrogens with one attached hydrogen (secondary N) is 1. The molecule has 0 amide bonds. The Bertz CT molecular complexity index is 1210. The molecule has 0 aliphatic heterocycles. The Labute approximate surface area is 169 Å². The number of nitrogens with zero attached hydrogens (tertiary/aromatic N) is 3. The number of rotatable bonds is 5. The number of ether oxygens (including phenoxy) is 1. The lowest BCUT2D eigenvalue weighted by Crippen LogP contribution is -2.08.